The van der Waals surface area contributed by atoms with Gasteiger partial charge in [-0.3, -0.25) is 0 Å². The van der Waals surface area contributed by atoms with E-state index in [0.29, 0.717) is 0 Å². The molecule has 0 spiro atoms. The van der Waals surface area contributed by atoms with Gasteiger partial charge in [-0.1, -0.05) is 19.8 Å². The molecule has 0 radical (unpaired) electrons. The number of hydrogen-bond donors (Lipinski definition) is 3. The van der Waals surface area contributed by atoms with Gasteiger partial charge in [0.25, 0.3) is 0 Å². The van der Waals surface area contributed by atoms with Crippen LogP contribution in [0.2, 0.25) is 0 Å². The standard InChI is InChI=1S/C8H17N3O/c1-2-3-4-5-8-6-9-11(7-12)10-8/h6,9-10,12H,2-5,7H2,1H3. The van der Waals surface area contributed by atoms with E-state index in [1.54, 1.807) is 5.12 Å². The second-order valence-corrected chi connectivity index (χ2v) is 2.94. The number of hydrogen-bond acceptors (Lipinski definition) is 4. The quantitative estimate of drug-likeness (QED) is 0.532. The summed E-state index contributed by atoms with van der Waals surface area (Å²) in [5.41, 5.74) is 7.08. The van der Waals surface area contributed by atoms with E-state index in [1.807, 2.05) is 6.20 Å². The fraction of sp³-hybridized carbons (Fsp3) is 0.750. The highest BCUT2D eigenvalue weighted by Gasteiger charge is 2.09. The van der Waals surface area contributed by atoms with Gasteiger partial charge < -0.3 is 16.0 Å². The molecular formula is C8H17N3O. The number of unbranched alkanes of at least 4 members (excludes halogenated alkanes) is 2. The molecule has 0 fully saturated rings. The van der Waals surface area contributed by atoms with Crippen LogP contribution in [0.1, 0.15) is 32.6 Å². The minimum atomic E-state index is -0.0201. The van der Waals surface area contributed by atoms with Gasteiger partial charge in [-0.25, -0.2) is 0 Å². The number of allylic oxidation sites excluding steroid dienone is 1. The Kier molecular flexibility index (Phi) is 3.90. The number of rotatable bonds is 5. The van der Waals surface area contributed by atoms with Crippen molar-refractivity contribution in [2.45, 2.75) is 32.6 Å². The lowest BCUT2D eigenvalue weighted by Crippen LogP contribution is -2.39. The number of aliphatic hydroxyl groups excluding tert-OH is 1. The summed E-state index contributed by atoms with van der Waals surface area (Å²) in [7, 11) is 0. The highest BCUT2D eigenvalue weighted by atomic mass is 16.3. The average molecular weight is 171 g/mol. The highest BCUT2D eigenvalue weighted by Crippen LogP contribution is 2.08. The van der Waals surface area contributed by atoms with Gasteiger partial charge in [0.05, 0.1) is 0 Å². The van der Waals surface area contributed by atoms with Crippen molar-refractivity contribution in [3.8, 4) is 0 Å². The summed E-state index contributed by atoms with van der Waals surface area (Å²) >= 11 is 0. The monoisotopic (exact) mass is 171 g/mol. The van der Waals surface area contributed by atoms with Gasteiger partial charge in [0, 0.05) is 11.9 Å². The third kappa shape index (κ3) is 2.71. The number of nitrogens with one attached hydrogen (secondary N) is 2. The maximum Gasteiger partial charge on any atom is 0.133 e. The van der Waals surface area contributed by atoms with Crippen molar-refractivity contribution in [3.63, 3.8) is 0 Å². The SMILES string of the molecule is CCCCCC1=CNN(CO)N1. The Hall–Kier alpha value is -0.740. The molecule has 4 heteroatoms. The Morgan fingerprint density at radius 2 is 2.33 bits per heavy atom. The molecule has 1 aliphatic heterocycles. The van der Waals surface area contributed by atoms with Crippen molar-refractivity contribution >= 4 is 0 Å². The molecule has 0 aromatic rings. The zero-order valence-electron chi connectivity index (χ0n) is 7.51. The second kappa shape index (κ2) is 5.00. The Labute approximate surface area is 73.2 Å². The predicted molar refractivity (Wildman–Crippen MR) is 47.4 cm³/mol. The first-order chi connectivity index (χ1) is 5.86. The molecule has 0 aromatic heterocycles. The van der Waals surface area contributed by atoms with E-state index in [1.165, 1.54) is 19.3 Å². The van der Waals surface area contributed by atoms with Crippen LogP contribution in [-0.2, 0) is 0 Å². The summed E-state index contributed by atoms with van der Waals surface area (Å²) in [6.07, 6.45) is 6.65. The first-order valence-electron chi connectivity index (χ1n) is 4.47. The van der Waals surface area contributed by atoms with Crippen molar-refractivity contribution in [2.75, 3.05) is 6.73 Å². The smallest absolute Gasteiger partial charge is 0.133 e. The van der Waals surface area contributed by atoms with Gasteiger partial charge in [-0.15, -0.1) is 5.12 Å². The molecule has 0 aromatic carbocycles. The maximum absolute atomic E-state index is 8.72. The molecule has 12 heavy (non-hydrogen) atoms. The normalized spacial score (nSPS) is 17.0. The molecule has 0 saturated heterocycles. The highest BCUT2D eigenvalue weighted by molar-refractivity contribution is 5.00. The zero-order chi connectivity index (χ0) is 8.81. The Morgan fingerprint density at radius 1 is 1.50 bits per heavy atom. The van der Waals surface area contributed by atoms with Crippen molar-refractivity contribution in [1.29, 1.82) is 0 Å². The summed E-state index contributed by atoms with van der Waals surface area (Å²) in [6, 6.07) is 0. The van der Waals surface area contributed by atoms with Crippen molar-refractivity contribution in [2.24, 2.45) is 0 Å². The lowest BCUT2D eigenvalue weighted by molar-refractivity contribution is 0.0534. The van der Waals surface area contributed by atoms with Crippen LogP contribution in [0, 0.1) is 0 Å². The van der Waals surface area contributed by atoms with Gasteiger partial charge in [-0.2, -0.15) is 0 Å². The van der Waals surface area contributed by atoms with E-state index in [-0.39, 0.29) is 6.73 Å². The third-order valence-corrected chi connectivity index (χ3v) is 1.86. The van der Waals surface area contributed by atoms with Crippen LogP contribution in [-0.4, -0.2) is 17.0 Å². The Bertz CT molecular complexity index is 158. The van der Waals surface area contributed by atoms with Crippen LogP contribution in [0.4, 0.5) is 0 Å². The van der Waals surface area contributed by atoms with E-state index in [4.69, 9.17) is 5.11 Å². The van der Waals surface area contributed by atoms with E-state index in [9.17, 15) is 0 Å². The fourth-order valence-corrected chi connectivity index (χ4v) is 1.16. The topological polar surface area (TPSA) is 47.5 Å². The van der Waals surface area contributed by atoms with Gasteiger partial charge in [0.15, 0.2) is 0 Å². The molecule has 0 atom stereocenters. The molecule has 0 aliphatic carbocycles. The number of aliphatic hydroxyl groups is 1. The van der Waals surface area contributed by atoms with Crippen LogP contribution >= 0.6 is 0 Å². The lowest BCUT2D eigenvalue weighted by atomic mass is 10.2. The van der Waals surface area contributed by atoms with E-state index in [2.05, 4.69) is 17.8 Å². The molecule has 3 N–H and O–H groups in total. The number of nitrogens with zero attached hydrogens (tertiary/aromatic N) is 1. The van der Waals surface area contributed by atoms with Gasteiger partial charge >= 0.3 is 0 Å². The molecular weight excluding hydrogens is 154 g/mol. The molecule has 0 unspecified atom stereocenters. The van der Waals surface area contributed by atoms with Crippen molar-refractivity contribution < 1.29 is 5.11 Å². The first kappa shape index (κ1) is 9.35. The molecule has 0 bridgehead atoms. The summed E-state index contributed by atoms with van der Waals surface area (Å²) in [4.78, 5) is 0. The second-order valence-electron chi connectivity index (χ2n) is 2.94. The van der Waals surface area contributed by atoms with Crippen LogP contribution in [0.3, 0.4) is 0 Å². The van der Waals surface area contributed by atoms with Crippen LogP contribution < -0.4 is 10.9 Å². The zero-order valence-corrected chi connectivity index (χ0v) is 7.51. The van der Waals surface area contributed by atoms with E-state index >= 15 is 0 Å². The van der Waals surface area contributed by atoms with Gasteiger partial charge in [0.2, 0.25) is 0 Å². The Morgan fingerprint density at radius 3 is 2.92 bits per heavy atom. The lowest BCUT2D eigenvalue weighted by Gasteiger charge is -2.13. The minimum Gasteiger partial charge on any atom is -0.377 e. The third-order valence-electron chi connectivity index (χ3n) is 1.86. The van der Waals surface area contributed by atoms with E-state index in [0.717, 1.165) is 12.1 Å². The van der Waals surface area contributed by atoms with Crippen LogP contribution in [0.15, 0.2) is 11.9 Å². The summed E-state index contributed by atoms with van der Waals surface area (Å²) in [6.45, 7) is 2.17. The molecule has 0 saturated carbocycles. The molecule has 4 nitrogen and oxygen atoms in total. The minimum absolute atomic E-state index is 0.0201. The van der Waals surface area contributed by atoms with Gasteiger partial charge in [0.1, 0.15) is 6.73 Å². The molecule has 1 rings (SSSR count). The largest absolute Gasteiger partial charge is 0.377 e. The molecule has 1 aliphatic rings. The van der Waals surface area contributed by atoms with Crippen LogP contribution in [0.25, 0.3) is 0 Å². The average Bonchev–Trinajstić information content (AvgIpc) is 2.53. The summed E-state index contributed by atoms with van der Waals surface area (Å²) in [5, 5.41) is 10.3. The molecule has 70 valence electrons. The van der Waals surface area contributed by atoms with Crippen molar-refractivity contribution in [1.82, 2.24) is 16.0 Å². The maximum atomic E-state index is 8.72. The fourth-order valence-electron chi connectivity index (χ4n) is 1.16. The predicted octanol–water partition coefficient (Wildman–Crippen LogP) is 0.683. The Balaban J connectivity index is 2.10. The number of hydrazine groups is 2. The van der Waals surface area contributed by atoms with Gasteiger partial charge in [-0.05, 0) is 12.8 Å². The molecule has 0 amide bonds. The van der Waals surface area contributed by atoms with Crippen LogP contribution in [0.5, 0.6) is 0 Å². The first-order valence-corrected chi connectivity index (χ1v) is 4.47. The van der Waals surface area contributed by atoms with E-state index < -0.39 is 0 Å². The summed E-state index contributed by atoms with van der Waals surface area (Å²) in [5.74, 6) is 0. The summed E-state index contributed by atoms with van der Waals surface area (Å²) < 4.78 is 0. The van der Waals surface area contributed by atoms with Crippen molar-refractivity contribution in [3.05, 3.63) is 11.9 Å². The molecule has 1 heterocycles.